The molecule has 0 bridgehead atoms. The summed E-state index contributed by atoms with van der Waals surface area (Å²) in [5.74, 6) is 0. The van der Waals surface area contributed by atoms with Gasteiger partial charge in [0.2, 0.25) is 0 Å². The molecule has 4 nitrogen and oxygen atoms in total. The lowest BCUT2D eigenvalue weighted by atomic mass is 9.76. The highest BCUT2D eigenvalue weighted by Crippen LogP contribution is 2.35. The lowest BCUT2D eigenvalue weighted by Gasteiger charge is -2.40. The molecule has 1 N–H and O–H groups in total. The minimum atomic E-state index is -0.718. The van der Waals surface area contributed by atoms with E-state index in [1.165, 1.54) is 0 Å². The maximum Gasteiger partial charge on any atom is 0.410 e. The van der Waals surface area contributed by atoms with Crippen molar-refractivity contribution in [2.75, 3.05) is 13.1 Å². The van der Waals surface area contributed by atoms with E-state index in [1.54, 1.807) is 4.90 Å². The smallest absolute Gasteiger partial charge is 0.410 e. The van der Waals surface area contributed by atoms with Crippen molar-refractivity contribution in [3.63, 3.8) is 0 Å². The van der Waals surface area contributed by atoms with E-state index in [4.69, 9.17) is 4.74 Å². The van der Waals surface area contributed by atoms with E-state index in [-0.39, 0.29) is 11.5 Å². The van der Waals surface area contributed by atoms with Crippen LogP contribution in [-0.2, 0) is 4.74 Å². The van der Waals surface area contributed by atoms with Crippen LogP contribution in [0.15, 0.2) is 0 Å². The number of likely N-dealkylation sites (tertiary alicyclic amines) is 1. The molecule has 0 aromatic carbocycles. The summed E-state index contributed by atoms with van der Waals surface area (Å²) >= 11 is 0. The second-order valence-electron chi connectivity index (χ2n) is 7.81. The van der Waals surface area contributed by atoms with Gasteiger partial charge in [0.05, 0.1) is 5.60 Å². The van der Waals surface area contributed by atoms with Crippen molar-refractivity contribution in [3.05, 3.63) is 0 Å². The second-order valence-corrected chi connectivity index (χ2v) is 7.81. The van der Waals surface area contributed by atoms with Crippen LogP contribution < -0.4 is 0 Å². The van der Waals surface area contributed by atoms with Gasteiger partial charge in [0.25, 0.3) is 0 Å². The highest BCUT2D eigenvalue weighted by Gasteiger charge is 2.35. The number of rotatable bonds is 0. The molecule has 1 rings (SSSR count). The van der Waals surface area contributed by atoms with Crippen molar-refractivity contribution in [1.82, 2.24) is 4.90 Å². The Kier molecular flexibility index (Phi) is 4.55. The number of ether oxygens (including phenoxy) is 1. The van der Waals surface area contributed by atoms with E-state index in [9.17, 15) is 9.90 Å². The summed E-state index contributed by atoms with van der Waals surface area (Å²) in [6.07, 6.45) is 1.96. The zero-order chi connectivity index (χ0) is 14.9. The molecule has 112 valence electrons. The van der Waals surface area contributed by atoms with Crippen LogP contribution in [0.2, 0.25) is 0 Å². The first-order valence-electron chi connectivity index (χ1n) is 7.11. The third-order valence-electron chi connectivity index (χ3n) is 3.49. The Hall–Kier alpha value is -0.770. The van der Waals surface area contributed by atoms with Gasteiger partial charge >= 0.3 is 6.09 Å². The number of carbonyl (C=O) groups excluding carboxylic acids is 1. The molecule has 0 aliphatic carbocycles. The summed E-state index contributed by atoms with van der Waals surface area (Å²) in [7, 11) is 0. The Balaban J connectivity index is 2.73. The molecule has 4 heteroatoms. The van der Waals surface area contributed by atoms with Crippen LogP contribution in [0.5, 0.6) is 0 Å². The third-order valence-corrected chi connectivity index (χ3v) is 3.49. The monoisotopic (exact) mass is 271 g/mol. The van der Waals surface area contributed by atoms with Gasteiger partial charge in [0.1, 0.15) is 5.60 Å². The average molecular weight is 271 g/mol. The molecule has 19 heavy (non-hydrogen) atoms. The van der Waals surface area contributed by atoms with Crippen LogP contribution in [0.4, 0.5) is 4.79 Å². The summed E-state index contributed by atoms with van der Waals surface area (Å²) in [6.45, 7) is 13.0. The predicted octanol–water partition coefficient (Wildman–Crippen LogP) is 3.18. The largest absolute Gasteiger partial charge is 0.444 e. The van der Waals surface area contributed by atoms with Crippen LogP contribution in [0, 0.1) is 5.41 Å². The van der Waals surface area contributed by atoms with Crippen LogP contribution in [0.3, 0.4) is 0 Å². The van der Waals surface area contributed by atoms with Crippen molar-refractivity contribution < 1.29 is 14.6 Å². The summed E-state index contributed by atoms with van der Waals surface area (Å²) in [5.41, 5.74) is -1.16. The summed E-state index contributed by atoms with van der Waals surface area (Å²) in [4.78, 5) is 13.8. The van der Waals surface area contributed by atoms with Gasteiger partial charge in [-0.2, -0.15) is 0 Å². The van der Waals surface area contributed by atoms with E-state index in [1.807, 2.05) is 27.7 Å². The van der Waals surface area contributed by atoms with Gasteiger partial charge in [0, 0.05) is 13.1 Å². The van der Waals surface area contributed by atoms with Crippen LogP contribution >= 0.6 is 0 Å². The van der Waals surface area contributed by atoms with Gasteiger partial charge in [-0.3, -0.25) is 0 Å². The number of carbonyl (C=O) groups is 1. The molecule has 0 spiro atoms. The predicted molar refractivity (Wildman–Crippen MR) is 76.1 cm³/mol. The first-order valence-corrected chi connectivity index (χ1v) is 7.11. The Labute approximate surface area is 117 Å². The van der Waals surface area contributed by atoms with Crippen molar-refractivity contribution in [2.45, 2.75) is 72.0 Å². The zero-order valence-corrected chi connectivity index (χ0v) is 13.2. The maximum atomic E-state index is 12.1. The molecular weight excluding hydrogens is 242 g/mol. The topological polar surface area (TPSA) is 49.8 Å². The lowest BCUT2D eigenvalue weighted by molar-refractivity contribution is -0.0258. The quantitative estimate of drug-likeness (QED) is 0.736. The van der Waals surface area contributed by atoms with Crippen molar-refractivity contribution >= 4 is 6.09 Å². The first-order chi connectivity index (χ1) is 8.40. The van der Waals surface area contributed by atoms with E-state index in [2.05, 4.69) is 13.8 Å². The van der Waals surface area contributed by atoms with Gasteiger partial charge in [-0.25, -0.2) is 4.79 Å². The SMILES string of the molecule is CC1(C)CCN(C(=O)OC(C)(C)C)CCC(C)(O)C1. The molecule has 0 radical (unpaired) electrons. The van der Waals surface area contributed by atoms with Crippen LogP contribution in [-0.4, -0.2) is 40.4 Å². The number of hydrogen-bond acceptors (Lipinski definition) is 3. The second kappa shape index (κ2) is 5.31. The maximum absolute atomic E-state index is 12.1. The molecule has 1 fully saturated rings. The van der Waals surface area contributed by atoms with E-state index in [0.717, 1.165) is 12.8 Å². The van der Waals surface area contributed by atoms with Crippen molar-refractivity contribution in [2.24, 2.45) is 5.41 Å². The van der Waals surface area contributed by atoms with E-state index >= 15 is 0 Å². The van der Waals surface area contributed by atoms with Crippen LogP contribution in [0.1, 0.15) is 60.8 Å². The Morgan fingerprint density at radius 2 is 1.68 bits per heavy atom. The first kappa shape index (κ1) is 16.3. The van der Waals surface area contributed by atoms with Gasteiger partial charge in [0.15, 0.2) is 0 Å². The van der Waals surface area contributed by atoms with E-state index < -0.39 is 11.2 Å². The highest BCUT2D eigenvalue weighted by atomic mass is 16.6. The van der Waals surface area contributed by atoms with Crippen molar-refractivity contribution in [3.8, 4) is 0 Å². The van der Waals surface area contributed by atoms with E-state index in [0.29, 0.717) is 19.5 Å². The minimum absolute atomic E-state index is 0.0319. The lowest BCUT2D eigenvalue weighted by Crippen LogP contribution is -2.45. The molecule has 0 saturated carbocycles. The van der Waals surface area contributed by atoms with Gasteiger partial charge in [-0.15, -0.1) is 0 Å². The zero-order valence-electron chi connectivity index (χ0n) is 13.2. The molecule has 0 aromatic rings. The Morgan fingerprint density at radius 3 is 2.21 bits per heavy atom. The summed E-state index contributed by atoms with van der Waals surface area (Å²) in [5, 5.41) is 10.4. The molecule has 1 unspecified atom stereocenters. The summed E-state index contributed by atoms with van der Waals surface area (Å²) < 4.78 is 5.42. The number of amides is 1. The van der Waals surface area contributed by atoms with Gasteiger partial charge in [-0.05, 0) is 52.4 Å². The molecule has 1 aliphatic rings. The molecule has 1 aliphatic heterocycles. The fraction of sp³-hybridized carbons (Fsp3) is 0.933. The number of nitrogens with zero attached hydrogens (tertiary/aromatic N) is 1. The summed E-state index contributed by atoms with van der Waals surface area (Å²) in [6, 6.07) is 0. The number of aliphatic hydroxyl groups is 1. The normalized spacial score (nSPS) is 28.5. The molecule has 1 heterocycles. The average Bonchev–Trinajstić information content (AvgIpc) is 2.10. The van der Waals surface area contributed by atoms with Crippen molar-refractivity contribution in [1.29, 1.82) is 0 Å². The molecule has 0 aromatic heterocycles. The number of hydrogen-bond donors (Lipinski definition) is 1. The highest BCUT2D eigenvalue weighted by molar-refractivity contribution is 5.68. The molecule has 1 atom stereocenters. The standard InChI is InChI=1S/C15H29NO3/c1-13(2,3)19-12(17)16-9-7-14(4,5)11-15(6,18)8-10-16/h18H,7-11H2,1-6H3. The molecular formula is C15H29NO3. The molecule has 1 amide bonds. The molecule has 1 saturated heterocycles. The van der Waals surface area contributed by atoms with Gasteiger partial charge < -0.3 is 14.7 Å². The van der Waals surface area contributed by atoms with Gasteiger partial charge in [-0.1, -0.05) is 13.8 Å². The Morgan fingerprint density at radius 1 is 1.16 bits per heavy atom. The Bertz CT molecular complexity index is 311. The third kappa shape index (κ3) is 5.81. The fourth-order valence-electron chi connectivity index (χ4n) is 2.64. The minimum Gasteiger partial charge on any atom is -0.444 e. The fourth-order valence-corrected chi connectivity index (χ4v) is 2.64. The van der Waals surface area contributed by atoms with Crippen LogP contribution in [0.25, 0.3) is 0 Å².